The lowest BCUT2D eigenvalue weighted by atomic mass is 10.3. The Balaban J connectivity index is 2.09. The maximum Gasteiger partial charge on any atom is 0.244 e. The van der Waals surface area contributed by atoms with Crippen LogP contribution in [0, 0.1) is 0 Å². The standard InChI is InChI=1S/C15H25N3O2S/c1-3-16-14-8-4-5-9-15(14)21(19,20)17(2)12-13-18-10-6-7-11-18/h4-5,8-9,16H,3,6-7,10-13H2,1-2H3. The zero-order valence-corrected chi connectivity index (χ0v) is 13.7. The molecule has 21 heavy (non-hydrogen) atoms. The lowest BCUT2D eigenvalue weighted by molar-refractivity contribution is 0.310. The topological polar surface area (TPSA) is 52.7 Å². The highest BCUT2D eigenvalue weighted by atomic mass is 32.2. The van der Waals surface area contributed by atoms with E-state index in [1.54, 1.807) is 19.2 Å². The van der Waals surface area contributed by atoms with E-state index in [1.807, 2.05) is 19.1 Å². The van der Waals surface area contributed by atoms with Crippen LogP contribution < -0.4 is 5.32 Å². The second-order valence-corrected chi connectivity index (χ2v) is 7.42. The van der Waals surface area contributed by atoms with E-state index in [0.717, 1.165) is 19.6 Å². The quantitative estimate of drug-likeness (QED) is 0.835. The maximum absolute atomic E-state index is 12.7. The van der Waals surface area contributed by atoms with Crippen LogP contribution in [-0.2, 0) is 10.0 Å². The van der Waals surface area contributed by atoms with Gasteiger partial charge in [-0.25, -0.2) is 8.42 Å². The second-order valence-electron chi connectivity index (χ2n) is 5.40. The Labute approximate surface area is 128 Å². The van der Waals surface area contributed by atoms with Crippen LogP contribution >= 0.6 is 0 Å². The van der Waals surface area contributed by atoms with Gasteiger partial charge in [-0.05, 0) is 45.0 Å². The molecule has 1 N–H and O–H groups in total. The van der Waals surface area contributed by atoms with Gasteiger partial charge in [-0.2, -0.15) is 4.31 Å². The van der Waals surface area contributed by atoms with Crippen LogP contribution in [0.3, 0.4) is 0 Å². The Morgan fingerprint density at radius 2 is 1.90 bits per heavy atom. The number of rotatable bonds is 7. The van der Waals surface area contributed by atoms with Crippen molar-refractivity contribution in [2.24, 2.45) is 0 Å². The molecule has 0 amide bonds. The largest absolute Gasteiger partial charge is 0.384 e. The van der Waals surface area contributed by atoms with E-state index in [4.69, 9.17) is 0 Å². The molecule has 0 aliphatic carbocycles. The van der Waals surface area contributed by atoms with Crippen molar-refractivity contribution in [1.82, 2.24) is 9.21 Å². The molecule has 0 atom stereocenters. The summed E-state index contributed by atoms with van der Waals surface area (Å²) in [5, 5.41) is 3.12. The number of anilines is 1. The molecule has 2 rings (SSSR count). The van der Waals surface area contributed by atoms with Crippen molar-refractivity contribution in [1.29, 1.82) is 0 Å². The fraction of sp³-hybridized carbons (Fsp3) is 0.600. The molecule has 0 saturated carbocycles. The monoisotopic (exact) mass is 311 g/mol. The average Bonchev–Trinajstić information content (AvgIpc) is 2.98. The fourth-order valence-corrected chi connectivity index (χ4v) is 3.93. The molecule has 1 aliphatic heterocycles. The predicted octanol–water partition coefficient (Wildman–Crippen LogP) is 1.83. The Kier molecular flexibility index (Phi) is 5.61. The lowest BCUT2D eigenvalue weighted by Crippen LogP contribution is -2.35. The summed E-state index contributed by atoms with van der Waals surface area (Å²) in [4.78, 5) is 2.68. The third-order valence-corrected chi connectivity index (χ3v) is 5.79. The number of nitrogens with zero attached hydrogens (tertiary/aromatic N) is 2. The summed E-state index contributed by atoms with van der Waals surface area (Å²) in [6.07, 6.45) is 2.44. The first-order valence-electron chi connectivity index (χ1n) is 7.57. The van der Waals surface area contributed by atoms with Gasteiger partial charge in [0.05, 0.1) is 5.69 Å². The fourth-order valence-electron chi connectivity index (χ4n) is 2.60. The number of para-hydroxylation sites is 1. The summed E-state index contributed by atoms with van der Waals surface area (Å²) in [6.45, 7) is 6.16. The Morgan fingerprint density at radius 3 is 2.57 bits per heavy atom. The van der Waals surface area contributed by atoms with Crippen LogP contribution in [0.1, 0.15) is 19.8 Å². The molecule has 0 aromatic heterocycles. The van der Waals surface area contributed by atoms with Crippen LogP contribution in [0.15, 0.2) is 29.2 Å². The number of sulfonamides is 1. The molecule has 0 bridgehead atoms. The van der Waals surface area contributed by atoms with Crippen LogP contribution in [-0.4, -0.2) is 57.4 Å². The predicted molar refractivity (Wildman–Crippen MR) is 86.1 cm³/mol. The highest BCUT2D eigenvalue weighted by molar-refractivity contribution is 7.89. The third kappa shape index (κ3) is 3.96. The zero-order valence-electron chi connectivity index (χ0n) is 12.9. The molecule has 1 aromatic carbocycles. The van der Waals surface area contributed by atoms with Crippen molar-refractivity contribution in [3.8, 4) is 0 Å². The molecule has 1 fully saturated rings. The van der Waals surface area contributed by atoms with Crippen LogP contribution in [0.25, 0.3) is 0 Å². The summed E-state index contributed by atoms with van der Waals surface area (Å²) in [7, 11) is -1.78. The van der Waals surface area contributed by atoms with Gasteiger partial charge in [0.2, 0.25) is 10.0 Å². The van der Waals surface area contributed by atoms with Gasteiger partial charge >= 0.3 is 0 Å². The summed E-state index contributed by atoms with van der Waals surface area (Å²) >= 11 is 0. The normalized spacial score (nSPS) is 16.5. The first kappa shape index (κ1) is 16.3. The Bertz CT molecular complexity index is 554. The number of hydrogen-bond acceptors (Lipinski definition) is 4. The van der Waals surface area contributed by atoms with Crippen molar-refractivity contribution in [2.45, 2.75) is 24.7 Å². The smallest absolute Gasteiger partial charge is 0.244 e. The van der Waals surface area contributed by atoms with Crippen molar-refractivity contribution in [3.05, 3.63) is 24.3 Å². The summed E-state index contributed by atoms with van der Waals surface area (Å²) in [6, 6.07) is 7.09. The van der Waals surface area contributed by atoms with E-state index < -0.39 is 10.0 Å². The number of likely N-dealkylation sites (tertiary alicyclic amines) is 1. The van der Waals surface area contributed by atoms with Crippen LogP contribution in [0.4, 0.5) is 5.69 Å². The van der Waals surface area contributed by atoms with Crippen LogP contribution in [0.5, 0.6) is 0 Å². The highest BCUT2D eigenvalue weighted by Gasteiger charge is 2.24. The number of hydrogen-bond donors (Lipinski definition) is 1. The van der Waals surface area contributed by atoms with Gasteiger partial charge in [0.15, 0.2) is 0 Å². The molecule has 1 aromatic rings. The first-order valence-corrected chi connectivity index (χ1v) is 9.01. The molecule has 6 heteroatoms. The summed E-state index contributed by atoms with van der Waals surface area (Å²) in [5.41, 5.74) is 0.674. The van der Waals surface area contributed by atoms with Crippen molar-refractivity contribution in [2.75, 3.05) is 45.1 Å². The molecule has 0 radical (unpaired) electrons. The average molecular weight is 311 g/mol. The number of likely N-dealkylation sites (N-methyl/N-ethyl adjacent to an activating group) is 1. The van der Waals surface area contributed by atoms with E-state index in [-0.39, 0.29) is 0 Å². The maximum atomic E-state index is 12.7. The minimum absolute atomic E-state index is 0.357. The molecule has 5 nitrogen and oxygen atoms in total. The van der Waals surface area contributed by atoms with Crippen molar-refractivity contribution >= 4 is 15.7 Å². The third-order valence-electron chi connectivity index (χ3n) is 3.87. The van der Waals surface area contributed by atoms with Gasteiger partial charge in [0.1, 0.15) is 4.90 Å². The number of nitrogens with one attached hydrogen (secondary N) is 1. The zero-order chi connectivity index (χ0) is 15.3. The van der Waals surface area contributed by atoms with Gasteiger partial charge in [-0.15, -0.1) is 0 Å². The van der Waals surface area contributed by atoms with E-state index >= 15 is 0 Å². The van der Waals surface area contributed by atoms with E-state index in [0.29, 0.717) is 23.7 Å². The number of benzene rings is 1. The van der Waals surface area contributed by atoms with E-state index in [9.17, 15) is 8.42 Å². The first-order chi connectivity index (χ1) is 10.1. The van der Waals surface area contributed by atoms with Crippen molar-refractivity contribution in [3.63, 3.8) is 0 Å². The minimum Gasteiger partial charge on any atom is -0.384 e. The molecular weight excluding hydrogens is 286 g/mol. The highest BCUT2D eigenvalue weighted by Crippen LogP contribution is 2.23. The van der Waals surface area contributed by atoms with Crippen molar-refractivity contribution < 1.29 is 8.42 Å². The molecular formula is C15H25N3O2S. The lowest BCUT2D eigenvalue weighted by Gasteiger charge is -2.22. The second kappa shape index (κ2) is 7.24. The molecule has 0 unspecified atom stereocenters. The molecule has 1 aliphatic rings. The SMILES string of the molecule is CCNc1ccccc1S(=O)(=O)N(C)CCN1CCCC1. The van der Waals surface area contributed by atoms with Crippen LogP contribution in [0.2, 0.25) is 0 Å². The summed E-state index contributed by atoms with van der Waals surface area (Å²) < 4.78 is 26.9. The van der Waals surface area contributed by atoms with Gasteiger partial charge in [-0.1, -0.05) is 12.1 Å². The molecule has 1 saturated heterocycles. The molecule has 1 heterocycles. The van der Waals surface area contributed by atoms with Gasteiger partial charge in [0, 0.05) is 26.7 Å². The Hall–Kier alpha value is -1.11. The van der Waals surface area contributed by atoms with Gasteiger partial charge in [0.25, 0.3) is 0 Å². The van der Waals surface area contributed by atoms with Gasteiger partial charge < -0.3 is 10.2 Å². The van der Waals surface area contributed by atoms with E-state index in [2.05, 4.69) is 10.2 Å². The molecule has 118 valence electrons. The molecule has 0 spiro atoms. The summed E-state index contributed by atoms with van der Waals surface area (Å²) in [5.74, 6) is 0. The Morgan fingerprint density at radius 1 is 1.24 bits per heavy atom. The van der Waals surface area contributed by atoms with Gasteiger partial charge in [-0.3, -0.25) is 0 Å². The van der Waals surface area contributed by atoms with E-state index in [1.165, 1.54) is 17.1 Å². The minimum atomic E-state index is -3.44.